The summed E-state index contributed by atoms with van der Waals surface area (Å²) in [5.41, 5.74) is 0.414. The number of aryl methyl sites for hydroxylation is 1. The third-order valence-electron chi connectivity index (χ3n) is 2.30. The van der Waals surface area contributed by atoms with Crippen molar-refractivity contribution in [2.75, 3.05) is 12.4 Å². The molecule has 1 heterocycles. The number of carbonyl (C=O) groups excluding carboxylic acids is 1. The van der Waals surface area contributed by atoms with Gasteiger partial charge in [-0.2, -0.15) is 0 Å². The number of fused-ring (bicyclic) bond motifs is 1. The summed E-state index contributed by atoms with van der Waals surface area (Å²) >= 11 is 5.86. The molecular weight excluding hydrogens is 247 g/mol. The first kappa shape index (κ1) is 11.7. The van der Waals surface area contributed by atoms with Crippen molar-refractivity contribution >= 4 is 34.3 Å². The van der Waals surface area contributed by atoms with Gasteiger partial charge in [0.05, 0.1) is 10.7 Å². The molecule has 0 aliphatic carbocycles. The van der Waals surface area contributed by atoms with Gasteiger partial charge in [-0.05, 0) is 19.1 Å². The molecule has 1 aromatic heterocycles. The number of furan rings is 1. The Morgan fingerprint density at radius 1 is 1.47 bits per heavy atom. The first-order valence-electron chi connectivity index (χ1n) is 4.90. The van der Waals surface area contributed by atoms with E-state index in [4.69, 9.17) is 16.0 Å². The van der Waals surface area contributed by atoms with Crippen LogP contribution in [0.3, 0.4) is 0 Å². The molecule has 2 amide bonds. The maximum atomic E-state index is 13.7. The van der Waals surface area contributed by atoms with Crippen LogP contribution < -0.4 is 10.6 Å². The van der Waals surface area contributed by atoms with Crippen LogP contribution in [-0.2, 0) is 0 Å². The average Bonchev–Trinajstić information content (AvgIpc) is 2.66. The molecule has 0 saturated carbocycles. The number of benzene rings is 1. The molecular formula is C11H10ClFN2O2. The number of anilines is 1. The predicted molar refractivity (Wildman–Crippen MR) is 64.0 cm³/mol. The predicted octanol–water partition coefficient (Wildman–Crippen LogP) is 3.29. The SMILES string of the molecule is CNC(=O)Nc1c(F)cc(Cl)c2oc(C)cc12. The Kier molecular flexibility index (Phi) is 2.93. The zero-order valence-corrected chi connectivity index (χ0v) is 9.98. The monoisotopic (exact) mass is 256 g/mol. The molecule has 0 radical (unpaired) electrons. The number of nitrogens with one attached hydrogen (secondary N) is 2. The number of carbonyl (C=O) groups is 1. The number of rotatable bonds is 1. The van der Waals surface area contributed by atoms with Crippen molar-refractivity contribution in [3.8, 4) is 0 Å². The van der Waals surface area contributed by atoms with Crippen molar-refractivity contribution in [1.29, 1.82) is 0 Å². The van der Waals surface area contributed by atoms with E-state index in [1.807, 2.05) is 0 Å². The maximum absolute atomic E-state index is 13.7. The fraction of sp³-hybridized carbons (Fsp3) is 0.182. The summed E-state index contributed by atoms with van der Waals surface area (Å²) < 4.78 is 19.1. The largest absolute Gasteiger partial charge is 0.460 e. The Morgan fingerprint density at radius 3 is 2.82 bits per heavy atom. The van der Waals surface area contributed by atoms with Crippen LogP contribution in [0.5, 0.6) is 0 Å². The van der Waals surface area contributed by atoms with E-state index in [0.29, 0.717) is 16.7 Å². The van der Waals surface area contributed by atoms with E-state index in [2.05, 4.69) is 10.6 Å². The summed E-state index contributed by atoms with van der Waals surface area (Å²) in [7, 11) is 1.45. The molecule has 90 valence electrons. The smallest absolute Gasteiger partial charge is 0.319 e. The molecule has 2 aromatic rings. The number of hydrogen-bond donors (Lipinski definition) is 2. The standard InChI is InChI=1S/C11H10ClFN2O2/c1-5-3-6-9(15-11(16)14-2)8(13)4-7(12)10(6)17-5/h3-4H,1-2H3,(H2,14,15,16). The van der Waals surface area contributed by atoms with E-state index >= 15 is 0 Å². The maximum Gasteiger partial charge on any atom is 0.319 e. The lowest BCUT2D eigenvalue weighted by atomic mass is 10.2. The van der Waals surface area contributed by atoms with Crippen LogP contribution in [0.2, 0.25) is 5.02 Å². The topological polar surface area (TPSA) is 54.3 Å². The van der Waals surface area contributed by atoms with E-state index in [-0.39, 0.29) is 10.7 Å². The van der Waals surface area contributed by atoms with Gasteiger partial charge in [0.25, 0.3) is 0 Å². The lowest BCUT2D eigenvalue weighted by Gasteiger charge is -2.07. The molecule has 17 heavy (non-hydrogen) atoms. The highest BCUT2D eigenvalue weighted by atomic mass is 35.5. The molecule has 1 aromatic carbocycles. The second kappa shape index (κ2) is 4.25. The van der Waals surface area contributed by atoms with Gasteiger partial charge in [-0.1, -0.05) is 11.6 Å². The third kappa shape index (κ3) is 2.06. The summed E-state index contributed by atoms with van der Waals surface area (Å²) in [6.45, 7) is 1.72. The van der Waals surface area contributed by atoms with Crippen LogP contribution in [0.15, 0.2) is 16.5 Å². The third-order valence-corrected chi connectivity index (χ3v) is 2.58. The minimum Gasteiger partial charge on any atom is -0.460 e. The fourth-order valence-corrected chi connectivity index (χ4v) is 1.79. The Labute approximate surface area is 102 Å². The van der Waals surface area contributed by atoms with Gasteiger partial charge in [-0.25, -0.2) is 9.18 Å². The van der Waals surface area contributed by atoms with E-state index in [9.17, 15) is 9.18 Å². The molecule has 0 fully saturated rings. The molecule has 0 spiro atoms. The number of urea groups is 1. The number of amides is 2. The summed E-state index contributed by atoms with van der Waals surface area (Å²) in [6, 6.07) is 2.22. The van der Waals surface area contributed by atoms with Gasteiger partial charge in [-0.15, -0.1) is 0 Å². The van der Waals surface area contributed by atoms with Crippen LogP contribution in [0.25, 0.3) is 11.0 Å². The van der Waals surface area contributed by atoms with Crippen LogP contribution in [0, 0.1) is 12.7 Å². The van der Waals surface area contributed by atoms with Crippen LogP contribution >= 0.6 is 11.6 Å². The summed E-state index contributed by atoms with van der Waals surface area (Å²) in [5.74, 6) is -0.0145. The Hall–Kier alpha value is -1.75. The summed E-state index contributed by atoms with van der Waals surface area (Å²) in [4.78, 5) is 11.2. The van der Waals surface area contributed by atoms with Crippen molar-refractivity contribution in [1.82, 2.24) is 5.32 Å². The van der Waals surface area contributed by atoms with Crippen LogP contribution in [0.4, 0.5) is 14.9 Å². The highest BCUT2D eigenvalue weighted by Gasteiger charge is 2.16. The normalized spacial score (nSPS) is 10.6. The molecule has 0 saturated heterocycles. The highest BCUT2D eigenvalue weighted by Crippen LogP contribution is 2.34. The number of hydrogen-bond acceptors (Lipinski definition) is 2. The lowest BCUT2D eigenvalue weighted by Crippen LogP contribution is -2.25. The summed E-state index contributed by atoms with van der Waals surface area (Å²) in [5, 5.41) is 5.36. The van der Waals surface area contributed by atoms with Crippen molar-refractivity contribution in [2.24, 2.45) is 0 Å². The van der Waals surface area contributed by atoms with E-state index in [1.165, 1.54) is 7.05 Å². The first-order chi connectivity index (χ1) is 8.02. The second-order valence-electron chi connectivity index (χ2n) is 3.52. The molecule has 2 N–H and O–H groups in total. The van der Waals surface area contributed by atoms with Crippen LogP contribution in [-0.4, -0.2) is 13.1 Å². The van der Waals surface area contributed by atoms with E-state index in [0.717, 1.165) is 6.07 Å². The Balaban J connectivity index is 2.64. The van der Waals surface area contributed by atoms with Crippen molar-refractivity contribution in [2.45, 2.75) is 6.92 Å². The number of halogens is 2. The van der Waals surface area contributed by atoms with Crippen LogP contribution in [0.1, 0.15) is 5.76 Å². The zero-order valence-electron chi connectivity index (χ0n) is 9.23. The fourth-order valence-electron chi connectivity index (χ4n) is 1.56. The highest BCUT2D eigenvalue weighted by molar-refractivity contribution is 6.35. The quantitative estimate of drug-likeness (QED) is 0.823. The lowest BCUT2D eigenvalue weighted by molar-refractivity contribution is 0.254. The molecule has 0 atom stereocenters. The zero-order chi connectivity index (χ0) is 12.6. The van der Waals surface area contributed by atoms with Crippen molar-refractivity contribution < 1.29 is 13.6 Å². The minimum atomic E-state index is -0.605. The molecule has 0 bridgehead atoms. The van der Waals surface area contributed by atoms with Gasteiger partial charge >= 0.3 is 6.03 Å². The molecule has 6 heteroatoms. The minimum absolute atomic E-state index is 0.0561. The Morgan fingerprint density at radius 2 is 2.18 bits per heavy atom. The van der Waals surface area contributed by atoms with Gasteiger partial charge in [0.15, 0.2) is 5.58 Å². The molecule has 0 unspecified atom stereocenters. The van der Waals surface area contributed by atoms with Gasteiger partial charge in [0, 0.05) is 12.4 Å². The average molecular weight is 257 g/mol. The molecule has 4 nitrogen and oxygen atoms in total. The summed E-state index contributed by atoms with van der Waals surface area (Å²) in [6.07, 6.45) is 0. The van der Waals surface area contributed by atoms with E-state index in [1.54, 1.807) is 13.0 Å². The van der Waals surface area contributed by atoms with Crippen molar-refractivity contribution in [3.63, 3.8) is 0 Å². The van der Waals surface area contributed by atoms with Gasteiger partial charge in [0.1, 0.15) is 11.6 Å². The van der Waals surface area contributed by atoms with Crippen molar-refractivity contribution in [3.05, 3.63) is 28.7 Å². The molecule has 0 aliphatic rings. The second-order valence-corrected chi connectivity index (χ2v) is 3.93. The van der Waals surface area contributed by atoms with Gasteiger partial charge < -0.3 is 15.1 Å². The van der Waals surface area contributed by atoms with Gasteiger partial charge in [0.2, 0.25) is 0 Å². The van der Waals surface area contributed by atoms with E-state index < -0.39 is 11.8 Å². The first-order valence-corrected chi connectivity index (χ1v) is 5.27. The molecule has 0 aliphatic heterocycles. The van der Waals surface area contributed by atoms with Gasteiger partial charge in [-0.3, -0.25) is 0 Å². The molecule has 2 rings (SSSR count). The Bertz CT molecular complexity index is 595.